The molecule has 7 nitrogen and oxygen atoms in total. The Morgan fingerprint density at radius 3 is 2.70 bits per heavy atom. The summed E-state index contributed by atoms with van der Waals surface area (Å²) in [5.41, 5.74) is 9.01. The Morgan fingerprint density at radius 2 is 2.05 bits per heavy atom. The van der Waals surface area contributed by atoms with Crippen molar-refractivity contribution in [2.75, 3.05) is 19.8 Å². The summed E-state index contributed by atoms with van der Waals surface area (Å²) in [4.78, 5) is 2.70. The van der Waals surface area contributed by atoms with E-state index in [0.717, 1.165) is 0 Å². The molecule has 0 spiro atoms. The minimum atomic E-state index is -0.983. The van der Waals surface area contributed by atoms with Crippen molar-refractivity contribution in [2.24, 2.45) is 5.11 Å². The van der Waals surface area contributed by atoms with Crippen LogP contribution in [0.15, 0.2) is 29.4 Å². The highest BCUT2D eigenvalue weighted by molar-refractivity contribution is 5.29. The minimum absolute atomic E-state index is 0.103. The molecule has 0 aliphatic rings. The molecule has 0 saturated heterocycles. The highest BCUT2D eigenvalue weighted by Gasteiger charge is 2.10. The van der Waals surface area contributed by atoms with Gasteiger partial charge in [-0.3, -0.25) is 0 Å². The van der Waals surface area contributed by atoms with Gasteiger partial charge in [-0.1, -0.05) is 17.2 Å². The Kier molecular flexibility index (Phi) is 7.46. The largest absolute Gasteiger partial charge is 0.491 e. The number of azide groups is 1. The van der Waals surface area contributed by atoms with Gasteiger partial charge < -0.3 is 19.3 Å². The fourth-order valence-corrected chi connectivity index (χ4v) is 1.54. The standard InChI is InChI=1S/C13H19N3O4/c1-3-18-12(15-16-14)9-20-11-7-5-6-10(8-11)13(17)19-4-2/h5-8,12-13,17H,3-4,9H2,1-2H3. The van der Waals surface area contributed by atoms with Gasteiger partial charge in [0.15, 0.2) is 12.5 Å². The van der Waals surface area contributed by atoms with E-state index in [2.05, 4.69) is 10.0 Å². The molecule has 20 heavy (non-hydrogen) atoms. The summed E-state index contributed by atoms with van der Waals surface area (Å²) in [5.74, 6) is 0.541. The third-order valence-corrected chi connectivity index (χ3v) is 2.40. The second-order valence-corrected chi connectivity index (χ2v) is 3.81. The van der Waals surface area contributed by atoms with Crippen LogP contribution in [0, 0.1) is 0 Å². The SMILES string of the molecule is CCOC(COc1cccc(C(O)OCC)c1)N=[N+]=[N-]. The Hall–Kier alpha value is -1.79. The summed E-state index contributed by atoms with van der Waals surface area (Å²) in [6.07, 6.45) is -1.66. The van der Waals surface area contributed by atoms with Crippen LogP contribution in [-0.4, -0.2) is 31.2 Å². The van der Waals surface area contributed by atoms with E-state index >= 15 is 0 Å². The molecular formula is C13H19N3O4. The van der Waals surface area contributed by atoms with Crippen LogP contribution in [0.3, 0.4) is 0 Å². The van der Waals surface area contributed by atoms with Gasteiger partial charge in [-0.15, -0.1) is 0 Å². The lowest BCUT2D eigenvalue weighted by Crippen LogP contribution is -2.19. The zero-order chi connectivity index (χ0) is 14.8. The second-order valence-electron chi connectivity index (χ2n) is 3.81. The zero-order valence-electron chi connectivity index (χ0n) is 11.6. The average Bonchev–Trinajstić information content (AvgIpc) is 2.46. The maximum Gasteiger partial charge on any atom is 0.181 e. The molecule has 2 atom stereocenters. The molecular weight excluding hydrogens is 262 g/mol. The van der Waals surface area contributed by atoms with Crippen LogP contribution in [-0.2, 0) is 9.47 Å². The smallest absolute Gasteiger partial charge is 0.181 e. The van der Waals surface area contributed by atoms with E-state index in [4.69, 9.17) is 19.7 Å². The van der Waals surface area contributed by atoms with Gasteiger partial charge in [-0.25, -0.2) is 0 Å². The first-order valence-corrected chi connectivity index (χ1v) is 6.39. The normalized spacial score (nSPS) is 13.3. The van der Waals surface area contributed by atoms with E-state index in [0.29, 0.717) is 24.5 Å². The lowest BCUT2D eigenvalue weighted by atomic mass is 10.2. The van der Waals surface area contributed by atoms with E-state index in [9.17, 15) is 5.11 Å². The molecule has 0 aromatic heterocycles. The van der Waals surface area contributed by atoms with Gasteiger partial charge in [0.05, 0.1) is 0 Å². The number of nitrogens with zero attached hydrogens (tertiary/aromatic N) is 3. The molecule has 1 aromatic rings. The van der Waals surface area contributed by atoms with Crippen LogP contribution >= 0.6 is 0 Å². The third kappa shape index (κ3) is 5.46. The van der Waals surface area contributed by atoms with Crippen LogP contribution in [0.25, 0.3) is 10.4 Å². The summed E-state index contributed by atoms with van der Waals surface area (Å²) in [6.45, 7) is 4.55. The van der Waals surface area contributed by atoms with Gasteiger partial charge >= 0.3 is 0 Å². The molecule has 1 N–H and O–H groups in total. The molecule has 1 aromatic carbocycles. The van der Waals surface area contributed by atoms with Crippen LogP contribution in [0.1, 0.15) is 25.7 Å². The Balaban J connectivity index is 2.63. The Morgan fingerprint density at radius 1 is 1.30 bits per heavy atom. The summed E-state index contributed by atoms with van der Waals surface area (Å²) in [5, 5.41) is 13.2. The molecule has 0 heterocycles. The molecule has 0 amide bonds. The van der Waals surface area contributed by atoms with Gasteiger partial charge in [0.25, 0.3) is 0 Å². The van der Waals surface area contributed by atoms with Crippen molar-refractivity contribution in [1.82, 2.24) is 0 Å². The first-order chi connectivity index (χ1) is 9.71. The lowest BCUT2D eigenvalue weighted by molar-refractivity contribution is -0.0980. The van der Waals surface area contributed by atoms with Gasteiger partial charge in [0, 0.05) is 23.7 Å². The number of aliphatic hydroxyl groups is 1. The van der Waals surface area contributed by atoms with E-state index in [-0.39, 0.29) is 6.61 Å². The van der Waals surface area contributed by atoms with E-state index in [1.165, 1.54) is 0 Å². The van der Waals surface area contributed by atoms with Crippen molar-refractivity contribution in [3.63, 3.8) is 0 Å². The molecule has 7 heteroatoms. The molecule has 0 aliphatic carbocycles. The highest BCUT2D eigenvalue weighted by atomic mass is 16.6. The number of rotatable bonds is 9. The third-order valence-electron chi connectivity index (χ3n) is 2.40. The lowest BCUT2D eigenvalue weighted by Gasteiger charge is -2.15. The fourth-order valence-electron chi connectivity index (χ4n) is 1.54. The van der Waals surface area contributed by atoms with Crippen molar-refractivity contribution in [2.45, 2.75) is 26.4 Å². The van der Waals surface area contributed by atoms with E-state index < -0.39 is 12.5 Å². The van der Waals surface area contributed by atoms with Crippen molar-refractivity contribution in [1.29, 1.82) is 0 Å². The van der Waals surface area contributed by atoms with Crippen LogP contribution in [0.4, 0.5) is 0 Å². The average molecular weight is 281 g/mol. The van der Waals surface area contributed by atoms with Gasteiger partial charge in [-0.05, 0) is 31.5 Å². The summed E-state index contributed by atoms with van der Waals surface area (Å²) in [7, 11) is 0. The number of benzene rings is 1. The van der Waals surface area contributed by atoms with Gasteiger partial charge in [0.1, 0.15) is 12.4 Å². The Bertz CT molecular complexity index is 449. The molecule has 0 aliphatic heterocycles. The van der Waals surface area contributed by atoms with Gasteiger partial charge in [0.2, 0.25) is 0 Å². The predicted octanol–water partition coefficient (Wildman–Crippen LogP) is 2.77. The zero-order valence-corrected chi connectivity index (χ0v) is 11.6. The summed E-state index contributed by atoms with van der Waals surface area (Å²) >= 11 is 0. The maximum absolute atomic E-state index is 9.72. The van der Waals surface area contributed by atoms with Crippen LogP contribution in [0.2, 0.25) is 0 Å². The quantitative estimate of drug-likeness (QED) is 0.326. The van der Waals surface area contributed by atoms with Crippen molar-refractivity contribution < 1.29 is 19.3 Å². The van der Waals surface area contributed by atoms with Crippen LogP contribution in [0.5, 0.6) is 5.75 Å². The number of aliphatic hydroxyl groups excluding tert-OH is 1. The molecule has 1 rings (SSSR count). The monoisotopic (exact) mass is 281 g/mol. The molecule has 0 saturated carbocycles. The first kappa shape index (κ1) is 16.3. The predicted molar refractivity (Wildman–Crippen MR) is 73.1 cm³/mol. The van der Waals surface area contributed by atoms with Crippen molar-refractivity contribution >= 4 is 0 Å². The van der Waals surface area contributed by atoms with E-state index in [1.54, 1.807) is 38.1 Å². The number of ether oxygens (including phenoxy) is 3. The topological polar surface area (TPSA) is 96.7 Å². The summed E-state index contributed by atoms with van der Waals surface area (Å²) < 4.78 is 15.8. The maximum atomic E-state index is 9.72. The number of hydrogen-bond donors (Lipinski definition) is 1. The van der Waals surface area contributed by atoms with Crippen LogP contribution < -0.4 is 4.74 Å². The van der Waals surface area contributed by atoms with Gasteiger partial charge in [-0.2, -0.15) is 0 Å². The molecule has 2 unspecified atom stereocenters. The molecule has 0 fully saturated rings. The van der Waals surface area contributed by atoms with Crippen molar-refractivity contribution in [3.8, 4) is 5.75 Å². The first-order valence-electron chi connectivity index (χ1n) is 6.39. The summed E-state index contributed by atoms with van der Waals surface area (Å²) in [6, 6.07) is 6.89. The molecule has 110 valence electrons. The molecule has 0 bridgehead atoms. The Labute approximate surface area is 117 Å². The van der Waals surface area contributed by atoms with E-state index in [1.807, 2.05) is 0 Å². The molecule has 0 radical (unpaired) electrons. The van der Waals surface area contributed by atoms with Crippen molar-refractivity contribution in [3.05, 3.63) is 40.3 Å². The number of hydrogen-bond acceptors (Lipinski definition) is 5. The highest BCUT2D eigenvalue weighted by Crippen LogP contribution is 2.20. The fraction of sp³-hybridized carbons (Fsp3) is 0.538. The minimum Gasteiger partial charge on any atom is -0.491 e. The second kappa shape index (κ2) is 9.17.